The lowest BCUT2D eigenvalue weighted by atomic mass is 10.1. The van der Waals surface area contributed by atoms with Crippen LogP contribution in [0.25, 0.3) is 0 Å². The highest BCUT2D eigenvalue weighted by Gasteiger charge is 2.03. The van der Waals surface area contributed by atoms with Gasteiger partial charge in [-0.05, 0) is 37.1 Å². The predicted molar refractivity (Wildman–Crippen MR) is 70.8 cm³/mol. The smallest absolute Gasteiger partial charge is 0.0315 e. The minimum Gasteiger partial charge on any atom is -0.310 e. The standard InChI is InChI=1S/C15H18N2/c1-13(15-8-5-10-16-12-15)17-11-9-14-6-3-2-4-7-14/h2-8,10,12-13,17H,9,11H2,1H3. The van der Waals surface area contributed by atoms with Crippen molar-refractivity contribution in [2.75, 3.05) is 6.54 Å². The van der Waals surface area contributed by atoms with Crippen molar-refractivity contribution in [2.45, 2.75) is 19.4 Å². The molecule has 2 heteroatoms. The van der Waals surface area contributed by atoms with E-state index in [9.17, 15) is 0 Å². The van der Waals surface area contributed by atoms with Crippen LogP contribution in [0.15, 0.2) is 54.9 Å². The fraction of sp³-hybridized carbons (Fsp3) is 0.267. The number of nitrogens with one attached hydrogen (secondary N) is 1. The number of aromatic nitrogens is 1. The van der Waals surface area contributed by atoms with Crippen molar-refractivity contribution < 1.29 is 0 Å². The van der Waals surface area contributed by atoms with Crippen LogP contribution in [-0.2, 0) is 6.42 Å². The van der Waals surface area contributed by atoms with Crippen molar-refractivity contribution >= 4 is 0 Å². The van der Waals surface area contributed by atoms with Gasteiger partial charge in [-0.25, -0.2) is 0 Å². The highest BCUT2D eigenvalue weighted by atomic mass is 14.9. The lowest BCUT2D eigenvalue weighted by Gasteiger charge is -2.13. The summed E-state index contributed by atoms with van der Waals surface area (Å²) in [7, 11) is 0. The van der Waals surface area contributed by atoms with Crippen LogP contribution in [0.3, 0.4) is 0 Å². The maximum Gasteiger partial charge on any atom is 0.0315 e. The van der Waals surface area contributed by atoms with Gasteiger partial charge in [0.25, 0.3) is 0 Å². The van der Waals surface area contributed by atoms with Crippen LogP contribution >= 0.6 is 0 Å². The lowest BCUT2D eigenvalue weighted by molar-refractivity contribution is 0.575. The molecule has 0 amide bonds. The largest absolute Gasteiger partial charge is 0.310 e. The third-order valence-electron chi connectivity index (χ3n) is 2.89. The highest BCUT2D eigenvalue weighted by molar-refractivity contribution is 5.16. The van der Waals surface area contributed by atoms with Crippen molar-refractivity contribution in [3.05, 3.63) is 66.0 Å². The normalized spacial score (nSPS) is 12.3. The van der Waals surface area contributed by atoms with E-state index in [4.69, 9.17) is 0 Å². The van der Waals surface area contributed by atoms with Crippen LogP contribution in [0, 0.1) is 0 Å². The molecule has 2 nitrogen and oxygen atoms in total. The molecular weight excluding hydrogens is 208 g/mol. The molecular formula is C15H18N2. The Morgan fingerprint density at radius 1 is 1.12 bits per heavy atom. The number of pyridine rings is 1. The van der Waals surface area contributed by atoms with Crippen LogP contribution in [0.4, 0.5) is 0 Å². The van der Waals surface area contributed by atoms with E-state index in [1.165, 1.54) is 11.1 Å². The van der Waals surface area contributed by atoms with Crippen molar-refractivity contribution in [2.24, 2.45) is 0 Å². The summed E-state index contributed by atoms with van der Waals surface area (Å²) in [6.07, 6.45) is 4.78. The van der Waals surface area contributed by atoms with Crippen molar-refractivity contribution in [1.29, 1.82) is 0 Å². The monoisotopic (exact) mass is 226 g/mol. The third kappa shape index (κ3) is 3.68. The molecule has 0 spiro atoms. The van der Waals surface area contributed by atoms with Gasteiger partial charge in [-0.3, -0.25) is 4.98 Å². The Morgan fingerprint density at radius 2 is 1.94 bits per heavy atom. The van der Waals surface area contributed by atoms with Gasteiger partial charge in [0.05, 0.1) is 0 Å². The predicted octanol–water partition coefficient (Wildman–Crippen LogP) is 2.97. The number of hydrogen-bond acceptors (Lipinski definition) is 2. The number of hydrogen-bond donors (Lipinski definition) is 1. The van der Waals surface area contributed by atoms with Gasteiger partial charge in [-0.2, -0.15) is 0 Å². The first-order valence-corrected chi connectivity index (χ1v) is 6.03. The molecule has 0 radical (unpaired) electrons. The van der Waals surface area contributed by atoms with Gasteiger partial charge in [-0.1, -0.05) is 36.4 Å². The van der Waals surface area contributed by atoms with Gasteiger partial charge in [-0.15, -0.1) is 0 Å². The van der Waals surface area contributed by atoms with Crippen LogP contribution < -0.4 is 5.32 Å². The molecule has 2 rings (SSSR count). The second kappa shape index (κ2) is 6.16. The number of benzene rings is 1. The molecule has 1 N–H and O–H groups in total. The first-order chi connectivity index (χ1) is 8.36. The number of nitrogens with zero attached hydrogens (tertiary/aromatic N) is 1. The Balaban J connectivity index is 1.79. The Labute approximate surface area is 103 Å². The zero-order valence-corrected chi connectivity index (χ0v) is 10.1. The van der Waals surface area contributed by atoms with Gasteiger partial charge < -0.3 is 5.32 Å². The van der Waals surface area contributed by atoms with Gasteiger partial charge in [0.2, 0.25) is 0 Å². The van der Waals surface area contributed by atoms with Crippen LogP contribution in [-0.4, -0.2) is 11.5 Å². The molecule has 0 fully saturated rings. The topological polar surface area (TPSA) is 24.9 Å². The average molecular weight is 226 g/mol. The lowest BCUT2D eigenvalue weighted by Crippen LogP contribution is -2.21. The summed E-state index contributed by atoms with van der Waals surface area (Å²) in [6.45, 7) is 3.15. The molecule has 17 heavy (non-hydrogen) atoms. The van der Waals surface area contributed by atoms with Gasteiger partial charge in [0.15, 0.2) is 0 Å². The summed E-state index contributed by atoms with van der Waals surface area (Å²) in [5.41, 5.74) is 2.61. The molecule has 0 saturated heterocycles. The average Bonchev–Trinajstić information content (AvgIpc) is 2.41. The van der Waals surface area contributed by atoms with E-state index in [1.807, 2.05) is 12.3 Å². The first kappa shape index (κ1) is 11.8. The van der Waals surface area contributed by atoms with Crippen molar-refractivity contribution in [3.8, 4) is 0 Å². The molecule has 0 bridgehead atoms. The Morgan fingerprint density at radius 3 is 2.65 bits per heavy atom. The number of rotatable bonds is 5. The Bertz CT molecular complexity index is 425. The van der Waals surface area contributed by atoms with Gasteiger partial charge in [0.1, 0.15) is 0 Å². The molecule has 0 saturated carbocycles. The maximum absolute atomic E-state index is 4.13. The minimum atomic E-state index is 0.354. The first-order valence-electron chi connectivity index (χ1n) is 6.03. The molecule has 1 aromatic carbocycles. The van der Waals surface area contributed by atoms with E-state index in [0.29, 0.717) is 6.04 Å². The summed E-state index contributed by atoms with van der Waals surface area (Å²) >= 11 is 0. The SMILES string of the molecule is CC(NCCc1ccccc1)c1cccnc1. The van der Waals surface area contributed by atoms with Gasteiger partial charge in [0, 0.05) is 18.4 Å². The quantitative estimate of drug-likeness (QED) is 0.847. The fourth-order valence-electron chi connectivity index (χ4n) is 1.83. The van der Waals surface area contributed by atoms with E-state index in [1.54, 1.807) is 6.20 Å². The Hall–Kier alpha value is -1.67. The summed E-state index contributed by atoms with van der Waals surface area (Å²) in [5.74, 6) is 0. The second-order valence-electron chi connectivity index (χ2n) is 4.20. The minimum absolute atomic E-state index is 0.354. The van der Waals surface area contributed by atoms with Crippen LogP contribution in [0.2, 0.25) is 0 Å². The molecule has 1 atom stereocenters. The van der Waals surface area contributed by atoms with E-state index in [2.05, 4.69) is 53.6 Å². The molecule has 2 aromatic rings. The van der Waals surface area contributed by atoms with E-state index >= 15 is 0 Å². The molecule has 0 aliphatic carbocycles. The van der Waals surface area contributed by atoms with Crippen LogP contribution in [0.5, 0.6) is 0 Å². The van der Waals surface area contributed by atoms with E-state index in [-0.39, 0.29) is 0 Å². The van der Waals surface area contributed by atoms with Crippen LogP contribution in [0.1, 0.15) is 24.1 Å². The zero-order chi connectivity index (χ0) is 11.9. The van der Waals surface area contributed by atoms with Gasteiger partial charge >= 0.3 is 0 Å². The maximum atomic E-state index is 4.13. The van der Waals surface area contributed by atoms with E-state index < -0.39 is 0 Å². The molecule has 1 unspecified atom stereocenters. The summed E-state index contributed by atoms with van der Waals surface area (Å²) < 4.78 is 0. The van der Waals surface area contributed by atoms with E-state index in [0.717, 1.165) is 13.0 Å². The summed E-state index contributed by atoms with van der Waals surface area (Å²) in [5, 5.41) is 3.51. The zero-order valence-electron chi connectivity index (χ0n) is 10.1. The summed E-state index contributed by atoms with van der Waals surface area (Å²) in [6, 6.07) is 15.0. The summed E-state index contributed by atoms with van der Waals surface area (Å²) in [4.78, 5) is 4.13. The second-order valence-corrected chi connectivity index (χ2v) is 4.20. The van der Waals surface area contributed by atoms with Crippen molar-refractivity contribution in [3.63, 3.8) is 0 Å². The molecule has 1 aromatic heterocycles. The Kier molecular flexibility index (Phi) is 4.28. The molecule has 1 heterocycles. The molecule has 0 aliphatic rings. The van der Waals surface area contributed by atoms with Crippen molar-refractivity contribution in [1.82, 2.24) is 10.3 Å². The molecule has 0 aliphatic heterocycles. The fourth-order valence-corrected chi connectivity index (χ4v) is 1.83. The third-order valence-corrected chi connectivity index (χ3v) is 2.89. The highest BCUT2D eigenvalue weighted by Crippen LogP contribution is 2.09. The molecule has 88 valence electrons.